The molecule has 1 unspecified atom stereocenters. The molecule has 1 aliphatic rings. The van der Waals surface area contributed by atoms with Gasteiger partial charge < -0.3 is 15.4 Å². The zero-order chi connectivity index (χ0) is 13.8. The molecule has 1 aromatic carbocycles. The van der Waals surface area contributed by atoms with E-state index in [4.69, 9.17) is 22.1 Å². The fourth-order valence-electron chi connectivity index (χ4n) is 2.56. The SMILES string of the molecule is CCOC1CCN(c2ccc(C(C)N)cc2Cl)CC1. The van der Waals surface area contributed by atoms with Crippen molar-refractivity contribution < 1.29 is 4.74 Å². The lowest BCUT2D eigenvalue weighted by molar-refractivity contribution is 0.0459. The third kappa shape index (κ3) is 3.62. The normalized spacial score (nSPS) is 18.6. The van der Waals surface area contributed by atoms with Crippen molar-refractivity contribution in [3.8, 4) is 0 Å². The van der Waals surface area contributed by atoms with Gasteiger partial charge in [-0.3, -0.25) is 0 Å². The lowest BCUT2D eigenvalue weighted by Crippen LogP contribution is -2.37. The Bertz CT molecular complexity index is 415. The molecule has 0 bridgehead atoms. The van der Waals surface area contributed by atoms with Crippen LogP contribution in [-0.4, -0.2) is 25.8 Å². The van der Waals surface area contributed by atoms with E-state index in [9.17, 15) is 0 Å². The maximum Gasteiger partial charge on any atom is 0.0642 e. The van der Waals surface area contributed by atoms with Crippen LogP contribution in [0.25, 0.3) is 0 Å². The summed E-state index contributed by atoms with van der Waals surface area (Å²) in [7, 11) is 0. The van der Waals surface area contributed by atoms with E-state index in [0.717, 1.165) is 48.8 Å². The monoisotopic (exact) mass is 282 g/mol. The summed E-state index contributed by atoms with van der Waals surface area (Å²) < 4.78 is 5.67. The molecule has 1 aliphatic heterocycles. The number of rotatable bonds is 4. The molecule has 1 atom stereocenters. The smallest absolute Gasteiger partial charge is 0.0642 e. The Labute approximate surface area is 120 Å². The lowest BCUT2D eigenvalue weighted by atomic mass is 10.0. The van der Waals surface area contributed by atoms with E-state index in [1.165, 1.54) is 0 Å². The van der Waals surface area contributed by atoms with Crippen molar-refractivity contribution in [3.05, 3.63) is 28.8 Å². The van der Waals surface area contributed by atoms with Crippen LogP contribution >= 0.6 is 11.6 Å². The van der Waals surface area contributed by atoms with Gasteiger partial charge in [-0.15, -0.1) is 0 Å². The van der Waals surface area contributed by atoms with Crippen LogP contribution in [-0.2, 0) is 4.74 Å². The molecule has 3 nitrogen and oxygen atoms in total. The van der Waals surface area contributed by atoms with E-state index in [2.05, 4.69) is 24.0 Å². The molecule has 0 saturated carbocycles. The van der Waals surface area contributed by atoms with Crippen molar-refractivity contribution in [3.63, 3.8) is 0 Å². The summed E-state index contributed by atoms with van der Waals surface area (Å²) in [6, 6.07) is 6.16. The van der Waals surface area contributed by atoms with Gasteiger partial charge in [-0.25, -0.2) is 0 Å². The number of nitrogens with two attached hydrogens (primary N) is 1. The Morgan fingerprint density at radius 3 is 2.63 bits per heavy atom. The molecular formula is C15H23ClN2O. The molecule has 0 spiro atoms. The molecular weight excluding hydrogens is 260 g/mol. The maximum absolute atomic E-state index is 6.38. The minimum Gasteiger partial charge on any atom is -0.378 e. The fraction of sp³-hybridized carbons (Fsp3) is 0.600. The first kappa shape index (κ1) is 14.6. The minimum atomic E-state index is 0.0234. The van der Waals surface area contributed by atoms with E-state index in [1.807, 2.05) is 13.0 Å². The summed E-state index contributed by atoms with van der Waals surface area (Å²) in [5.41, 5.74) is 8.07. The molecule has 19 heavy (non-hydrogen) atoms. The highest BCUT2D eigenvalue weighted by Gasteiger charge is 2.21. The second kappa shape index (κ2) is 6.60. The third-order valence-electron chi connectivity index (χ3n) is 3.68. The standard InChI is InChI=1S/C15H23ClN2O/c1-3-19-13-6-8-18(9-7-13)15-5-4-12(11(2)17)10-14(15)16/h4-5,10-11,13H,3,6-9,17H2,1-2H3. The van der Waals surface area contributed by atoms with Crippen LogP contribution in [0.5, 0.6) is 0 Å². The number of ether oxygens (including phenoxy) is 1. The van der Waals surface area contributed by atoms with Gasteiger partial charge in [0.15, 0.2) is 0 Å². The van der Waals surface area contributed by atoms with Crippen LogP contribution in [0.2, 0.25) is 5.02 Å². The van der Waals surface area contributed by atoms with Gasteiger partial charge in [0.1, 0.15) is 0 Å². The first-order valence-electron chi connectivity index (χ1n) is 7.03. The topological polar surface area (TPSA) is 38.5 Å². The molecule has 2 rings (SSSR count). The summed E-state index contributed by atoms with van der Waals surface area (Å²) in [4.78, 5) is 2.34. The van der Waals surface area contributed by atoms with Crippen LogP contribution in [0.4, 0.5) is 5.69 Å². The highest BCUT2D eigenvalue weighted by Crippen LogP contribution is 2.30. The van der Waals surface area contributed by atoms with Gasteiger partial charge in [-0.1, -0.05) is 17.7 Å². The summed E-state index contributed by atoms with van der Waals surface area (Å²) in [5.74, 6) is 0. The van der Waals surface area contributed by atoms with E-state index in [0.29, 0.717) is 6.10 Å². The molecule has 2 N–H and O–H groups in total. The molecule has 106 valence electrons. The van der Waals surface area contributed by atoms with E-state index in [-0.39, 0.29) is 6.04 Å². The molecule has 0 amide bonds. The van der Waals surface area contributed by atoms with Gasteiger partial charge in [0.05, 0.1) is 16.8 Å². The van der Waals surface area contributed by atoms with Gasteiger partial charge in [0.25, 0.3) is 0 Å². The Morgan fingerprint density at radius 1 is 1.42 bits per heavy atom. The predicted octanol–water partition coefficient (Wildman–Crippen LogP) is 3.37. The molecule has 0 radical (unpaired) electrons. The summed E-state index contributed by atoms with van der Waals surface area (Å²) >= 11 is 6.38. The Balaban J connectivity index is 2.03. The zero-order valence-corrected chi connectivity index (χ0v) is 12.5. The number of benzene rings is 1. The van der Waals surface area contributed by atoms with Gasteiger partial charge in [-0.05, 0) is 44.4 Å². The molecule has 1 heterocycles. The Hall–Kier alpha value is -0.770. The summed E-state index contributed by atoms with van der Waals surface area (Å²) in [6.45, 7) is 6.83. The average Bonchev–Trinajstić information content (AvgIpc) is 2.40. The summed E-state index contributed by atoms with van der Waals surface area (Å²) in [5, 5.41) is 0.796. The largest absolute Gasteiger partial charge is 0.378 e. The van der Waals surface area contributed by atoms with E-state index < -0.39 is 0 Å². The Morgan fingerprint density at radius 2 is 2.11 bits per heavy atom. The summed E-state index contributed by atoms with van der Waals surface area (Å²) in [6.07, 6.45) is 2.54. The maximum atomic E-state index is 6.38. The van der Waals surface area contributed by atoms with Crippen LogP contribution in [0.1, 0.15) is 38.3 Å². The fourth-order valence-corrected chi connectivity index (χ4v) is 2.87. The van der Waals surface area contributed by atoms with Gasteiger partial charge in [-0.2, -0.15) is 0 Å². The number of halogens is 1. The van der Waals surface area contributed by atoms with Gasteiger partial charge in [0, 0.05) is 25.7 Å². The van der Waals surface area contributed by atoms with Crippen molar-refractivity contribution in [1.29, 1.82) is 0 Å². The number of anilines is 1. The minimum absolute atomic E-state index is 0.0234. The van der Waals surface area contributed by atoms with Crippen LogP contribution in [0, 0.1) is 0 Å². The van der Waals surface area contributed by atoms with Gasteiger partial charge in [0.2, 0.25) is 0 Å². The van der Waals surface area contributed by atoms with Crippen LogP contribution in [0.15, 0.2) is 18.2 Å². The zero-order valence-electron chi connectivity index (χ0n) is 11.7. The van der Waals surface area contributed by atoms with E-state index in [1.54, 1.807) is 0 Å². The molecule has 4 heteroatoms. The van der Waals surface area contributed by atoms with Crippen molar-refractivity contribution in [1.82, 2.24) is 0 Å². The highest BCUT2D eigenvalue weighted by molar-refractivity contribution is 6.33. The average molecular weight is 283 g/mol. The molecule has 1 fully saturated rings. The second-order valence-electron chi connectivity index (χ2n) is 5.14. The van der Waals surface area contributed by atoms with Crippen molar-refractivity contribution in [2.75, 3.05) is 24.6 Å². The van der Waals surface area contributed by atoms with Crippen LogP contribution < -0.4 is 10.6 Å². The molecule has 1 aromatic rings. The third-order valence-corrected chi connectivity index (χ3v) is 3.99. The highest BCUT2D eigenvalue weighted by atomic mass is 35.5. The lowest BCUT2D eigenvalue weighted by Gasteiger charge is -2.34. The van der Waals surface area contributed by atoms with Crippen molar-refractivity contribution >= 4 is 17.3 Å². The second-order valence-corrected chi connectivity index (χ2v) is 5.55. The molecule has 0 aromatic heterocycles. The van der Waals surface area contributed by atoms with Crippen molar-refractivity contribution in [2.45, 2.75) is 38.8 Å². The Kier molecular flexibility index (Phi) is 5.08. The number of hydrogen-bond acceptors (Lipinski definition) is 3. The number of nitrogens with zero attached hydrogens (tertiary/aromatic N) is 1. The number of piperidine rings is 1. The first-order chi connectivity index (χ1) is 9.11. The van der Waals surface area contributed by atoms with E-state index >= 15 is 0 Å². The molecule has 1 saturated heterocycles. The number of hydrogen-bond donors (Lipinski definition) is 1. The molecule has 0 aliphatic carbocycles. The first-order valence-corrected chi connectivity index (χ1v) is 7.41. The van der Waals surface area contributed by atoms with Gasteiger partial charge >= 0.3 is 0 Å². The van der Waals surface area contributed by atoms with Crippen molar-refractivity contribution in [2.24, 2.45) is 5.73 Å². The predicted molar refractivity (Wildman–Crippen MR) is 80.9 cm³/mol. The van der Waals surface area contributed by atoms with Crippen LogP contribution in [0.3, 0.4) is 0 Å². The quantitative estimate of drug-likeness (QED) is 0.920.